The standard InChI is InChI=1S/C27H31N3O4S/c1-19(21-7-5-4-6-8-21)30(2)27(31)29-25-12-11-24(16-26(25)34-3)35(32,33)18-20-9-10-23-17-28-14-13-22(23)15-20/h4-12,15-16,19,28H,13-14,17-18H2,1-3H3,(H,29,31). The van der Waals surface area contributed by atoms with Crippen molar-refractivity contribution in [1.29, 1.82) is 0 Å². The Morgan fingerprint density at radius 2 is 1.86 bits per heavy atom. The van der Waals surface area contributed by atoms with Crippen LogP contribution in [-0.4, -0.2) is 40.1 Å². The third-order valence-electron chi connectivity index (χ3n) is 6.47. The number of amides is 2. The van der Waals surface area contributed by atoms with E-state index in [1.165, 1.54) is 30.4 Å². The van der Waals surface area contributed by atoms with Gasteiger partial charge in [0, 0.05) is 19.7 Å². The molecule has 0 aromatic heterocycles. The normalized spacial score (nSPS) is 14.0. The van der Waals surface area contributed by atoms with Crippen LogP contribution in [0.5, 0.6) is 5.75 Å². The lowest BCUT2D eigenvalue weighted by Crippen LogP contribution is -2.33. The van der Waals surface area contributed by atoms with Crippen molar-refractivity contribution in [2.75, 3.05) is 26.0 Å². The van der Waals surface area contributed by atoms with Gasteiger partial charge in [0.1, 0.15) is 5.75 Å². The summed E-state index contributed by atoms with van der Waals surface area (Å²) in [5.74, 6) is 0.191. The van der Waals surface area contributed by atoms with Crippen LogP contribution in [0, 0.1) is 0 Å². The van der Waals surface area contributed by atoms with Gasteiger partial charge in [0.15, 0.2) is 9.84 Å². The zero-order chi connectivity index (χ0) is 25.0. The molecule has 0 saturated heterocycles. The number of urea groups is 1. The molecule has 0 aliphatic carbocycles. The number of hydrogen-bond acceptors (Lipinski definition) is 5. The molecule has 1 unspecified atom stereocenters. The second kappa shape index (κ2) is 10.5. The van der Waals surface area contributed by atoms with Crippen LogP contribution in [0.3, 0.4) is 0 Å². The maximum absolute atomic E-state index is 13.2. The first-order chi connectivity index (χ1) is 16.8. The highest BCUT2D eigenvalue weighted by Gasteiger charge is 2.22. The van der Waals surface area contributed by atoms with E-state index in [-0.39, 0.29) is 28.5 Å². The topological polar surface area (TPSA) is 87.7 Å². The number of nitrogens with zero attached hydrogens (tertiary/aromatic N) is 1. The quantitative estimate of drug-likeness (QED) is 0.505. The van der Waals surface area contributed by atoms with Crippen molar-refractivity contribution in [3.63, 3.8) is 0 Å². The van der Waals surface area contributed by atoms with Crippen LogP contribution in [0.15, 0.2) is 71.6 Å². The van der Waals surface area contributed by atoms with E-state index in [0.717, 1.165) is 30.6 Å². The molecule has 0 spiro atoms. The maximum atomic E-state index is 13.2. The lowest BCUT2D eigenvalue weighted by atomic mass is 9.99. The number of ether oxygens (including phenoxy) is 1. The molecule has 35 heavy (non-hydrogen) atoms. The summed E-state index contributed by atoms with van der Waals surface area (Å²) >= 11 is 0. The number of nitrogens with one attached hydrogen (secondary N) is 2. The fourth-order valence-electron chi connectivity index (χ4n) is 4.23. The summed E-state index contributed by atoms with van der Waals surface area (Å²) in [5.41, 5.74) is 4.59. The summed E-state index contributed by atoms with van der Waals surface area (Å²) in [7, 11) is -0.433. The number of rotatable bonds is 7. The number of anilines is 1. The Labute approximate surface area is 207 Å². The summed E-state index contributed by atoms with van der Waals surface area (Å²) in [5, 5.41) is 6.16. The van der Waals surface area contributed by atoms with Gasteiger partial charge in [-0.1, -0.05) is 48.5 Å². The Kier molecular flexibility index (Phi) is 7.42. The summed E-state index contributed by atoms with van der Waals surface area (Å²) in [6.45, 7) is 3.65. The molecule has 0 saturated carbocycles. The van der Waals surface area contributed by atoms with E-state index in [1.54, 1.807) is 18.0 Å². The Hall–Kier alpha value is -3.36. The van der Waals surface area contributed by atoms with Crippen molar-refractivity contribution < 1.29 is 17.9 Å². The van der Waals surface area contributed by atoms with Crippen molar-refractivity contribution in [2.24, 2.45) is 0 Å². The van der Waals surface area contributed by atoms with Crippen molar-refractivity contribution in [3.05, 3.63) is 89.0 Å². The molecule has 7 nitrogen and oxygen atoms in total. The Balaban J connectivity index is 1.50. The average Bonchev–Trinajstić information content (AvgIpc) is 2.88. The van der Waals surface area contributed by atoms with E-state index in [1.807, 2.05) is 55.5 Å². The van der Waals surface area contributed by atoms with Gasteiger partial charge in [0.2, 0.25) is 0 Å². The second-order valence-corrected chi connectivity index (χ2v) is 10.8. The predicted octanol–water partition coefficient (Wildman–Crippen LogP) is 4.54. The van der Waals surface area contributed by atoms with E-state index >= 15 is 0 Å². The van der Waals surface area contributed by atoms with Crippen LogP contribution in [0.4, 0.5) is 10.5 Å². The van der Waals surface area contributed by atoms with Gasteiger partial charge in [-0.25, -0.2) is 13.2 Å². The molecule has 1 aliphatic heterocycles. The molecule has 8 heteroatoms. The van der Waals surface area contributed by atoms with E-state index < -0.39 is 9.84 Å². The maximum Gasteiger partial charge on any atom is 0.322 e. The first-order valence-corrected chi connectivity index (χ1v) is 13.2. The Bertz CT molecular complexity index is 1310. The van der Waals surface area contributed by atoms with Crippen molar-refractivity contribution in [1.82, 2.24) is 10.2 Å². The lowest BCUT2D eigenvalue weighted by molar-refractivity contribution is 0.208. The predicted molar refractivity (Wildman–Crippen MR) is 137 cm³/mol. The molecule has 2 amide bonds. The molecular weight excluding hydrogens is 462 g/mol. The molecule has 1 atom stereocenters. The summed E-state index contributed by atoms with van der Waals surface area (Å²) in [6.07, 6.45) is 0.892. The SMILES string of the molecule is COc1cc(S(=O)(=O)Cc2ccc3c(c2)CCNC3)ccc1NC(=O)N(C)C(C)c1ccccc1. The molecule has 2 N–H and O–H groups in total. The summed E-state index contributed by atoms with van der Waals surface area (Å²) in [4.78, 5) is 14.6. The van der Waals surface area contributed by atoms with Gasteiger partial charge in [-0.2, -0.15) is 0 Å². The Morgan fingerprint density at radius 1 is 1.09 bits per heavy atom. The van der Waals surface area contributed by atoms with Gasteiger partial charge in [-0.3, -0.25) is 0 Å². The zero-order valence-electron chi connectivity index (χ0n) is 20.2. The number of hydrogen-bond donors (Lipinski definition) is 2. The van der Waals surface area contributed by atoms with Gasteiger partial charge in [0.25, 0.3) is 0 Å². The summed E-state index contributed by atoms with van der Waals surface area (Å²) < 4.78 is 31.8. The Morgan fingerprint density at radius 3 is 2.60 bits per heavy atom. The zero-order valence-corrected chi connectivity index (χ0v) is 21.1. The molecule has 184 valence electrons. The van der Waals surface area contributed by atoms with Crippen LogP contribution in [-0.2, 0) is 28.6 Å². The highest BCUT2D eigenvalue weighted by atomic mass is 32.2. The third kappa shape index (κ3) is 5.66. The van der Waals surface area contributed by atoms with Crippen LogP contribution >= 0.6 is 0 Å². The molecule has 1 heterocycles. The lowest BCUT2D eigenvalue weighted by Gasteiger charge is -2.26. The number of sulfone groups is 1. The molecule has 0 radical (unpaired) electrons. The van der Waals surface area contributed by atoms with Gasteiger partial charge >= 0.3 is 6.03 Å². The van der Waals surface area contributed by atoms with E-state index in [2.05, 4.69) is 10.6 Å². The van der Waals surface area contributed by atoms with Crippen LogP contribution in [0.2, 0.25) is 0 Å². The molecule has 1 aliphatic rings. The van der Waals surface area contributed by atoms with Crippen LogP contribution in [0.1, 0.15) is 35.2 Å². The van der Waals surface area contributed by atoms with Gasteiger partial charge in [-0.05, 0) is 54.3 Å². The molecule has 3 aromatic rings. The van der Waals surface area contributed by atoms with Gasteiger partial charge in [0.05, 0.1) is 29.5 Å². The number of fused-ring (bicyclic) bond motifs is 1. The fraction of sp³-hybridized carbons (Fsp3) is 0.296. The number of carbonyl (C=O) groups excluding carboxylic acids is 1. The summed E-state index contributed by atoms with van der Waals surface area (Å²) in [6, 6.07) is 19.7. The van der Waals surface area contributed by atoms with Crippen molar-refractivity contribution >= 4 is 21.6 Å². The molecule has 0 fully saturated rings. The molecule has 0 bridgehead atoms. The third-order valence-corrected chi connectivity index (χ3v) is 8.16. The minimum absolute atomic E-state index is 0.0973. The minimum Gasteiger partial charge on any atom is -0.495 e. The van der Waals surface area contributed by atoms with E-state index in [0.29, 0.717) is 5.69 Å². The monoisotopic (exact) mass is 493 g/mol. The number of benzene rings is 3. The molecule has 4 rings (SSSR count). The highest BCUT2D eigenvalue weighted by Crippen LogP contribution is 2.30. The van der Waals surface area contributed by atoms with Crippen molar-refractivity contribution in [3.8, 4) is 5.75 Å². The highest BCUT2D eigenvalue weighted by molar-refractivity contribution is 7.90. The average molecular weight is 494 g/mol. The first kappa shape index (κ1) is 24.8. The van der Waals surface area contributed by atoms with Gasteiger partial charge in [-0.15, -0.1) is 0 Å². The molecular formula is C27H31N3O4S. The second-order valence-electron chi connectivity index (χ2n) is 8.78. The smallest absolute Gasteiger partial charge is 0.322 e. The molecule has 3 aromatic carbocycles. The van der Waals surface area contributed by atoms with Crippen LogP contribution in [0.25, 0.3) is 0 Å². The van der Waals surface area contributed by atoms with E-state index in [4.69, 9.17) is 4.74 Å². The van der Waals surface area contributed by atoms with Crippen LogP contribution < -0.4 is 15.4 Å². The van der Waals surface area contributed by atoms with E-state index in [9.17, 15) is 13.2 Å². The first-order valence-electron chi connectivity index (χ1n) is 11.6. The number of methoxy groups -OCH3 is 1. The minimum atomic E-state index is -3.60. The van der Waals surface area contributed by atoms with Gasteiger partial charge < -0.3 is 20.3 Å². The largest absolute Gasteiger partial charge is 0.495 e. The van der Waals surface area contributed by atoms with Crippen molar-refractivity contribution in [2.45, 2.75) is 36.6 Å². The fourth-order valence-corrected chi connectivity index (χ4v) is 5.57. The number of carbonyl (C=O) groups is 1.